The number of aromatic nitrogens is 3. The molecule has 1 aliphatic carbocycles. The van der Waals surface area contributed by atoms with Crippen LogP contribution in [0.4, 0.5) is 0 Å². The van der Waals surface area contributed by atoms with Crippen molar-refractivity contribution < 1.29 is 0 Å². The molecule has 0 N–H and O–H groups in total. The molecule has 0 saturated heterocycles. The third-order valence-corrected chi connectivity index (χ3v) is 5.31. The third-order valence-electron chi connectivity index (χ3n) is 5.10. The summed E-state index contributed by atoms with van der Waals surface area (Å²) >= 11 is 6.21. The molecule has 5 heteroatoms. The van der Waals surface area contributed by atoms with Crippen molar-refractivity contribution in [3.8, 4) is 0 Å². The number of nitrogens with zero attached hydrogens (tertiary/aromatic N) is 4. The van der Waals surface area contributed by atoms with Crippen molar-refractivity contribution in [2.24, 2.45) is 0 Å². The van der Waals surface area contributed by atoms with E-state index in [1.165, 1.54) is 33.3 Å². The minimum absolute atomic E-state index is 0.698. The molecule has 4 heterocycles. The van der Waals surface area contributed by atoms with E-state index >= 15 is 0 Å². The molecule has 0 saturated carbocycles. The Labute approximate surface area is 145 Å². The maximum absolute atomic E-state index is 6.21. The number of allylic oxidation sites excluding steroid dienone is 1. The molecule has 4 nitrogen and oxygen atoms in total. The molecule has 0 aromatic carbocycles. The Kier molecular flexibility index (Phi) is 3.05. The lowest BCUT2D eigenvalue weighted by Crippen LogP contribution is -2.27. The van der Waals surface area contributed by atoms with Gasteiger partial charge in [-0.2, -0.15) is 0 Å². The van der Waals surface area contributed by atoms with Gasteiger partial charge in [0.1, 0.15) is 5.65 Å². The van der Waals surface area contributed by atoms with Gasteiger partial charge < -0.3 is 9.47 Å². The highest BCUT2D eigenvalue weighted by Gasteiger charge is 2.25. The zero-order valence-electron chi connectivity index (χ0n) is 13.5. The second kappa shape index (κ2) is 5.16. The van der Waals surface area contributed by atoms with Gasteiger partial charge in [-0.15, -0.1) is 0 Å². The highest BCUT2D eigenvalue weighted by molar-refractivity contribution is 6.31. The van der Waals surface area contributed by atoms with Crippen LogP contribution in [-0.2, 0) is 19.4 Å². The first-order chi connectivity index (χ1) is 11.7. The monoisotopic (exact) mass is 336 g/mol. The third kappa shape index (κ3) is 2.03. The Hall–Kier alpha value is -2.17. The van der Waals surface area contributed by atoms with E-state index in [9.17, 15) is 0 Å². The van der Waals surface area contributed by atoms with Gasteiger partial charge in [-0.1, -0.05) is 11.6 Å². The summed E-state index contributed by atoms with van der Waals surface area (Å²) in [5, 5.41) is 1.87. The van der Waals surface area contributed by atoms with Crippen molar-refractivity contribution >= 4 is 34.4 Å². The Balaban J connectivity index is 1.72. The van der Waals surface area contributed by atoms with Crippen LogP contribution < -0.4 is 0 Å². The molecule has 0 radical (unpaired) electrons. The van der Waals surface area contributed by atoms with E-state index in [1.54, 1.807) is 6.20 Å². The topological polar surface area (TPSA) is 34.0 Å². The molecule has 5 rings (SSSR count). The summed E-state index contributed by atoms with van der Waals surface area (Å²) in [6.45, 7) is 2.02. The quantitative estimate of drug-likeness (QED) is 0.680. The second-order valence-corrected chi connectivity index (χ2v) is 7.11. The van der Waals surface area contributed by atoms with Crippen molar-refractivity contribution in [3.05, 3.63) is 58.1 Å². The molecular weight excluding hydrogens is 320 g/mol. The molecule has 3 aromatic rings. The highest BCUT2D eigenvalue weighted by atomic mass is 35.5. The Morgan fingerprint density at radius 2 is 2.21 bits per heavy atom. The molecule has 0 amide bonds. The van der Waals surface area contributed by atoms with Crippen LogP contribution in [0.2, 0.25) is 5.02 Å². The van der Waals surface area contributed by atoms with Gasteiger partial charge in [0.25, 0.3) is 0 Å². The van der Waals surface area contributed by atoms with E-state index in [-0.39, 0.29) is 0 Å². The largest absolute Gasteiger partial charge is 0.304 e. The van der Waals surface area contributed by atoms with E-state index in [0.717, 1.165) is 31.6 Å². The molecule has 0 spiro atoms. The fourth-order valence-electron chi connectivity index (χ4n) is 3.85. The van der Waals surface area contributed by atoms with E-state index in [2.05, 4.69) is 44.8 Å². The first kappa shape index (κ1) is 14.2. The van der Waals surface area contributed by atoms with Crippen molar-refractivity contribution in [1.82, 2.24) is 19.4 Å². The van der Waals surface area contributed by atoms with Crippen LogP contribution in [0.15, 0.2) is 30.7 Å². The Bertz CT molecular complexity index is 1000. The number of rotatable bonds is 1. The summed E-state index contributed by atoms with van der Waals surface area (Å²) in [5.41, 5.74) is 7.72. The Morgan fingerprint density at radius 1 is 1.29 bits per heavy atom. The molecule has 0 atom stereocenters. The van der Waals surface area contributed by atoms with Crippen molar-refractivity contribution in [2.75, 3.05) is 13.6 Å². The maximum Gasteiger partial charge on any atom is 0.144 e. The first-order valence-corrected chi connectivity index (χ1v) is 8.58. The number of likely N-dealkylation sites (N-methyl/N-ethyl adjacent to an activating group) is 1. The van der Waals surface area contributed by atoms with Crippen LogP contribution in [0.25, 0.3) is 22.8 Å². The zero-order valence-corrected chi connectivity index (χ0v) is 14.2. The summed E-state index contributed by atoms with van der Waals surface area (Å²) in [5.74, 6) is 0. The predicted octanol–water partition coefficient (Wildman–Crippen LogP) is 3.63. The average Bonchev–Trinajstić information content (AvgIpc) is 2.85. The number of pyridine rings is 2. The smallest absolute Gasteiger partial charge is 0.144 e. The normalized spacial score (nSPS) is 18.5. The van der Waals surface area contributed by atoms with Gasteiger partial charge in [0, 0.05) is 61.8 Å². The van der Waals surface area contributed by atoms with Crippen LogP contribution >= 0.6 is 11.6 Å². The van der Waals surface area contributed by atoms with Crippen LogP contribution in [-0.4, -0.2) is 33.0 Å². The van der Waals surface area contributed by atoms with Gasteiger partial charge in [-0.25, -0.2) is 4.98 Å². The van der Waals surface area contributed by atoms with Crippen molar-refractivity contribution in [2.45, 2.75) is 19.4 Å². The van der Waals surface area contributed by atoms with E-state index in [4.69, 9.17) is 11.6 Å². The van der Waals surface area contributed by atoms with Crippen molar-refractivity contribution in [3.63, 3.8) is 0 Å². The molecular formula is C19H17ClN4. The summed E-state index contributed by atoms with van der Waals surface area (Å²) in [4.78, 5) is 11.2. The van der Waals surface area contributed by atoms with Gasteiger partial charge in [0.2, 0.25) is 0 Å². The SMILES string of the molecule is CN1CCc2c(c3cc(Cl)cnc3n2/C=C2\Cc3cnccc32)C1. The molecule has 24 heavy (non-hydrogen) atoms. The maximum atomic E-state index is 6.21. The summed E-state index contributed by atoms with van der Waals surface area (Å²) in [6.07, 6.45) is 9.84. The lowest BCUT2D eigenvalue weighted by molar-refractivity contribution is 0.312. The van der Waals surface area contributed by atoms with Crippen LogP contribution in [0.1, 0.15) is 22.4 Å². The van der Waals surface area contributed by atoms with Gasteiger partial charge in [-0.3, -0.25) is 4.98 Å². The number of hydrogen-bond acceptors (Lipinski definition) is 3. The van der Waals surface area contributed by atoms with Gasteiger partial charge >= 0.3 is 0 Å². The standard InChI is InChI=1S/C19H17ClN4/c1-23-5-3-18-17(11-23)16-7-14(20)9-22-19(16)24(18)10-13-6-12-8-21-4-2-15(12)13/h2,4,7-10H,3,5-6,11H2,1H3/b13-10+. The van der Waals surface area contributed by atoms with Crippen LogP contribution in [0, 0.1) is 0 Å². The first-order valence-electron chi connectivity index (χ1n) is 8.20. The lowest BCUT2D eigenvalue weighted by atomic mass is 9.85. The molecule has 120 valence electrons. The summed E-state index contributed by atoms with van der Waals surface area (Å²) in [7, 11) is 2.16. The molecule has 0 bridgehead atoms. The molecule has 2 aliphatic rings. The predicted molar refractivity (Wildman–Crippen MR) is 96.9 cm³/mol. The molecule has 1 aliphatic heterocycles. The van der Waals surface area contributed by atoms with Gasteiger partial charge in [0.05, 0.1) is 5.02 Å². The van der Waals surface area contributed by atoms with Crippen molar-refractivity contribution in [1.29, 1.82) is 0 Å². The van der Waals surface area contributed by atoms with Gasteiger partial charge in [-0.05, 0) is 41.4 Å². The molecule has 0 fully saturated rings. The van der Waals surface area contributed by atoms with Gasteiger partial charge in [0.15, 0.2) is 0 Å². The molecule has 0 unspecified atom stereocenters. The summed E-state index contributed by atoms with van der Waals surface area (Å²) < 4.78 is 2.28. The van der Waals surface area contributed by atoms with Crippen LogP contribution in [0.5, 0.6) is 0 Å². The van der Waals surface area contributed by atoms with Crippen LogP contribution in [0.3, 0.4) is 0 Å². The van der Waals surface area contributed by atoms with E-state index < -0.39 is 0 Å². The lowest BCUT2D eigenvalue weighted by Gasteiger charge is -2.25. The van der Waals surface area contributed by atoms with E-state index in [1.807, 2.05) is 12.4 Å². The highest BCUT2D eigenvalue weighted by Crippen LogP contribution is 2.37. The molecule has 3 aromatic heterocycles. The van der Waals surface area contributed by atoms with E-state index in [0.29, 0.717) is 5.02 Å². The number of fused-ring (bicyclic) bond motifs is 4. The zero-order chi connectivity index (χ0) is 16.3. The number of hydrogen-bond donors (Lipinski definition) is 0. The fraction of sp³-hybridized carbons (Fsp3) is 0.263. The minimum atomic E-state index is 0.698. The fourth-order valence-corrected chi connectivity index (χ4v) is 4.01. The summed E-state index contributed by atoms with van der Waals surface area (Å²) in [6, 6.07) is 4.15. The second-order valence-electron chi connectivity index (χ2n) is 6.67. The minimum Gasteiger partial charge on any atom is -0.304 e. The Morgan fingerprint density at radius 3 is 3.08 bits per heavy atom. The average molecular weight is 337 g/mol. The number of halogens is 1.